The van der Waals surface area contributed by atoms with Gasteiger partial charge in [-0.25, -0.2) is 0 Å². The van der Waals surface area contributed by atoms with Crippen LogP contribution in [0, 0.1) is 0 Å². The fourth-order valence-corrected chi connectivity index (χ4v) is 14.3. The third-order valence-corrected chi connectivity index (χ3v) is 17.5. The molecule has 1 atom stereocenters. The molecule has 2 aromatic heterocycles. The summed E-state index contributed by atoms with van der Waals surface area (Å²) in [5, 5.41) is 4.94. The molecule has 4 nitrogen and oxygen atoms in total. The molecule has 0 spiro atoms. The van der Waals surface area contributed by atoms with Crippen LogP contribution in [-0.4, -0.2) is 0 Å². The molecule has 13 aromatic rings. The molecule has 0 fully saturated rings. The number of nitrogens with zero attached hydrogens (tertiary/aromatic N) is 2. The molecule has 0 saturated heterocycles. The topological polar surface area (TPSA) is 24.9 Å². The molecular formula is C68H44N2O2S2. The molecule has 1 aliphatic heterocycles. The lowest BCUT2D eigenvalue weighted by molar-refractivity contribution is 0.360. The van der Waals surface area contributed by atoms with Gasteiger partial charge in [0.1, 0.15) is 0 Å². The summed E-state index contributed by atoms with van der Waals surface area (Å²) in [7, 11) is 0. The van der Waals surface area contributed by atoms with E-state index in [9.17, 15) is 0 Å². The Kier molecular flexibility index (Phi) is 9.87. The maximum absolute atomic E-state index is 6.99. The number of ether oxygens (including phenoxy) is 2. The molecule has 11 aromatic carbocycles. The third-order valence-electron chi connectivity index (χ3n) is 15.0. The lowest BCUT2D eigenvalue weighted by Gasteiger charge is -2.34. The number of hydrogen-bond donors (Lipinski definition) is 0. The fraction of sp³-hybridized carbons (Fsp3) is 0.0294. The number of rotatable bonds is 9. The largest absolute Gasteiger partial charge is 0.449 e. The molecule has 15 rings (SSSR count). The molecule has 74 heavy (non-hydrogen) atoms. The Morgan fingerprint density at radius 2 is 0.959 bits per heavy atom. The van der Waals surface area contributed by atoms with E-state index in [2.05, 4.69) is 240 Å². The molecule has 3 heterocycles. The molecule has 1 aliphatic carbocycles. The van der Waals surface area contributed by atoms with E-state index in [0.717, 1.165) is 51.9 Å². The highest BCUT2D eigenvalue weighted by Gasteiger charge is 2.49. The number of fused-ring (bicyclic) bond motifs is 12. The van der Waals surface area contributed by atoms with Crippen molar-refractivity contribution in [3.8, 4) is 34.1 Å². The Morgan fingerprint density at radius 1 is 0.378 bits per heavy atom. The lowest BCUT2D eigenvalue weighted by atomic mass is 9.67. The lowest BCUT2D eigenvalue weighted by Crippen LogP contribution is -2.28. The molecule has 0 N–H and O–H groups in total. The summed E-state index contributed by atoms with van der Waals surface area (Å²) in [6.45, 7) is 0.749. The van der Waals surface area contributed by atoms with Gasteiger partial charge < -0.3 is 19.3 Å². The molecule has 0 amide bonds. The average molecular weight is 985 g/mol. The Morgan fingerprint density at radius 3 is 1.70 bits per heavy atom. The number of anilines is 5. The van der Waals surface area contributed by atoms with E-state index in [0.29, 0.717) is 17.2 Å². The minimum atomic E-state index is -0.756. The van der Waals surface area contributed by atoms with Crippen LogP contribution in [0.25, 0.3) is 51.5 Å². The van der Waals surface area contributed by atoms with E-state index in [1.165, 1.54) is 68.2 Å². The maximum atomic E-state index is 6.99. The predicted molar refractivity (Wildman–Crippen MR) is 310 cm³/mol. The molecule has 0 bridgehead atoms. The first-order chi connectivity index (χ1) is 36.7. The highest BCUT2D eigenvalue weighted by atomic mass is 32.1. The van der Waals surface area contributed by atoms with Crippen molar-refractivity contribution in [3.05, 3.63) is 283 Å². The quantitative estimate of drug-likeness (QED) is 0.144. The monoisotopic (exact) mass is 984 g/mol. The van der Waals surface area contributed by atoms with Crippen LogP contribution in [0.4, 0.5) is 28.4 Å². The second kappa shape index (κ2) is 17.1. The van der Waals surface area contributed by atoms with Crippen molar-refractivity contribution in [2.45, 2.75) is 12.0 Å². The number of hydrogen-bond acceptors (Lipinski definition) is 6. The molecular weight excluding hydrogens is 941 g/mol. The summed E-state index contributed by atoms with van der Waals surface area (Å²) in [6.07, 6.45) is 0. The van der Waals surface area contributed by atoms with Crippen molar-refractivity contribution >= 4 is 91.5 Å². The molecule has 1 unspecified atom stereocenters. The minimum Gasteiger partial charge on any atom is -0.449 e. The minimum absolute atomic E-state index is 0.713. The SMILES string of the molecule is c1ccc(CN(c2ccccc2)c2ccc3sc4c(C5(c6ccc7sc8c(N(c9ccccc9)c9ccccc9)cccc8c7c6)c6ccccc6-c6c5ccc5c6Oc6ccccc6O5)cccc4c3c2)cc1. The molecule has 0 saturated carbocycles. The van der Waals surface area contributed by atoms with Gasteiger partial charge >= 0.3 is 0 Å². The van der Waals surface area contributed by atoms with E-state index < -0.39 is 5.41 Å². The first kappa shape index (κ1) is 42.7. The average Bonchev–Trinajstić information content (AvgIpc) is 4.23. The highest BCUT2D eigenvalue weighted by Crippen LogP contribution is 2.64. The number of benzene rings is 11. The van der Waals surface area contributed by atoms with Crippen LogP contribution in [0.5, 0.6) is 23.0 Å². The van der Waals surface area contributed by atoms with Crippen LogP contribution in [0.3, 0.4) is 0 Å². The Labute approximate surface area is 436 Å². The van der Waals surface area contributed by atoms with Crippen molar-refractivity contribution in [2.24, 2.45) is 0 Å². The van der Waals surface area contributed by atoms with E-state index in [1.54, 1.807) is 0 Å². The Balaban J connectivity index is 0.981. The van der Waals surface area contributed by atoms with Crippen LogP contribution >= 0.6 is 22.7 Å². The second-order valence-corrected chi connectivity index (χ2v) is 21.2. The maximum Gasteiger partial charge on any atom is 0.178 e. The second-order valence-electron chi connectivity index (χ2n) is 19.1. The first-order valence-corrected chi connectivity index (χ1v) is 26.7. The Hall–Kier alpha value is -8.94. The van der Waals surface area contributed by atoms with Gasteiger partial charge in [0.25, 0.3) is 0 Å². The van der Waals surface area contributed by atoms with Crippen LogP contribution in [0.2, 0.25) is 0 Å². The van der Waals surface area contributed by atoms with Gasteiger partial charge in [-0.15, -0.1) is 22.7 Å². The Bertz CT molecular complexity index is 4270. The van der Waals surface area contributed by atoms with E-state index >= 15 is 0 Å². The molecule has 6 heteroatoms. The zero-order chi connectivity index (χ0) is 48.7. The first-order valence-electron chi connectivity index (χ1n) is 25.1. The molecule has 350 valence electrons. The van der Waals surface area contributed by atoms with Crippen molar-refractivity contribution in [2.75, 3.05) is 9.80 Å². The van der Waals surface area contributed by atoms with Crippen LogP contribution in [0.1, 0.15) is 27.8 Å². The van der Waals surface area contributed by atoms with Crippen LogP contribution in [-0.2, 0) is 12.0 Å². The van der Waals surface area contributed by atoms with Gasteiger partial charge in [-0.3, -0.25) is 0 Å². The number of para-hydroxylation sites is 5. The summed E-state index contributed by atoms with van der Waals surface area (Å²) >= 11 is 3.75. The van der Waals surface area contributed by atoms with E-state index in [1.807, 2.05) is 46.9 Å². The predicted octanol–water partition coefficient (Wildman–Crippen LogP) is 19.5. The van der Waals surface area contributed by atoms with Crippen molar-refractivity contribution in [1.29, 1.82) is 0 Å². The summed E-state index contributed by atoms with van der Waals surface area (Å²) in [5.41, 5.74) is 13.2. The molecule has 0 radical (unpaired) electrons. The van der Waals surface area contributed by atoms with Gasteiger partial charge in [-0.1, -0.05) is 164 Å². The van der Waals surface area contributed by atoms with Gasteiger partial charge in [0.05, 0.1) is 15.8 Å². The van der Waals surface area contributed by atoms with Gasteiger partial charge in [-0.2, -0.15) is 0 Å². The smallest absolute Gasteiger partial charge is 0.178 e. The third kappa shape index (κ3) is 6.58. The molecule has 2 aliphatic rings. The van der Waals surface area contributed by atoms with Gasteiger partial charge in [-0.05, 0) is 124 Å². The zero-order valence-corrected chi connectivity index (χ0v) is 41.6. The zero-order valence-electron chi connectivity index (χ0n) is 40.0. The normalized spacial score (nSPS) is 14.3. The van der Waals surface area contributed by atoms with Crippen LogP contribution < -0.4 is 19.3 Å². The van der Waals surface area contributed by atoms with E-state index in [4.69, 9.17) is 9.47 Å². The summed E-state index contributed by atoms with van der Waals surface area (Å²) in [4.78, 5) is 4.82. The summed E-state index contributed by atoms with van der Waals surface area (Å²) < 4.78 is 18.6. The number of thiophene rings is 2. The van der Waals surface area contributed by atoms with Crippen molar-refractivity contribution < 1.29 is 9.47 Å². The summed E-state index contributed by atoms with van der Waals surface area (Å²) in [6, 6.07) is 92.4. The van der Waals surface area contributed by atoms with E-state index in [-0.39, 0.29) is 0 Å². The van der Waals surface area contributed by atoms with Gasteiger partial charge in [0, 0.05) is 70.5 Å². The standard InChI is InChI=1S/C68H44N2O2S2/c1-5-19-44(20-6-1)43-69(46-21-7-2-8-22-46)49-36-40-63-54(42-49)50-28-17-31-57(66(50)73-63)68(55-30-14-13-27-52(55)64-56(68)37-38-61-65(64)72-60-34-16-15-33-59(60)71-61)45-35-39-62-53(41-45)51-29-18-32-58(67(51)74-62)70(47-23-9-3-10-24-47)48-25-11-4-12-26-48/h1-42H,43H2. The van der Waals surface area contributed by atoms with Gasteiger partial charge in [0.15, 0.2) is 23.0 Å². The van der Waals surface area contributed by atoms with Crippen molar-refractivity contribution in [1.82, 2.24) is 0 Å². The van der Waals surface area contributed by atoms with Gasteiger partial charge in [0.2, 0.25) is 0 Å². The fourth-order valence-electron chi connectivity index (χ4n) is 11.8. The van der Waals surface area contributed by atoms with Crippen molar-refractivity contribution in [3.63, 3.8) is 0 Å². The highest BCUT2D eigenvalue weighted by molar-refractivity contribution is 7.26. The summed E-state index contributed by atoms with van der Waals surface area (Å²) in [5.74, 6) is 2.89. The van der Waals surface area contributed by atoms with Crippen LogP contribution in [0.15, 0.2) is 255 Å².